The first-order valence-corrected chi connectivity index (χ1v) is 10.1. The van der Waals surface area contributed by atoms with Gasteiger partial charge in [-0.25, -0.2) is 0 Å². The second-order valence-electron chi connectivity index (χ2n) is 9.25. The Kier molecular flexibility index (Phi) is 2.94. The molecule has 1 spiro atoms. The van der Waals surface area contributed by atoms with Crippen LogP contribution in [0.15, 0.2) is 12.1 Å². The highest BCUT2D eigenvalue weighted by Crippen LogP contribution is 2.67. The fourth-order valence-electron chi connectivity index (χ4n) is 6.93. The Morgan fingerprint density at radius 3 is 2.93 bits per heavy atom. The largest absolute Gasteiger partial charge is 0.632 e. The molecular formula is C21H25NO5. The highest BCUT2D eigenvalue weighted by atomic mass is 16.6. The van der Waals surface area contributed by atoms with Crippen LogP contribution in [-0.4, -0.2) is 53.5 Å². The van der Waals surface area contributed by atoms with Crippen LogP contribution in [0.2, 0.25) is 0 Å². The smallest absolute Gasteiger partial charge is 0.174 e. The molecule has 1 unspecified atom stereocenters. The summed E-state index contributed by atoms with van der Waals surface area (Å²) in [6.07, 6.45) is 3.79. The summed E-state index contributed by atoms with van der Waals surface area (Å²) in [4.78, 5) is 12.9. The molecule has 3 fully saturated rings. The third-order valence-corrected chi connectivity index (χ3v) is 8.18. The van der Waals surface area contributed by atoms with Gasteiger partial charge in [-0.1, -0.05) is 6.07 Å². The normalized spacial score (nSPS) is 44.0. The fourth-order valence-corrected chi connectivity index (χ4v) is 6.93. The molecule has 144 valence electrons. The van der Waals surface area contributed by atoms with Gasteiger partial charge < -0.3 is 24.4 Å². The van der Waals surface area contributed by atoms with Crippen molar-refractivity contribution in [3.8, 4) is 11.5 Å². The number of benzene rings is 1. The van der Waals surface area contributed by atoms with Crippen LogP contribution in [0.25, 0.3) is 0 Å². The van der Waals surface area contributed by atoms with Gasteiger partial charge in [0.25, 0.3) is 0 Å². The number of carbonyl (C=O) groups excluding carboxylic acids is 1. The van der Waals surface area contributed by atoms with E-state index in [1.807, 2.05) is 6.07 Å². The van der Waals surface area contributed by atoms with Gasteiger partial charge in [-0.15, -0.1) is 0 Å². The van der Waals surface area contributed by atoms with Gasteiger partial charge in [-0.2, -0.15) is 0 Å². The molecule has 0 aromatic heterocycles. The maximum atomic E-state index is 14.1. The molecule has 0 radical (unpaired) electrons. The summed E-state index contributed by atoms with van der Waals surface area (Å²) in [6, 6.07) is 3.34. The van der Waals surface area contributed by atoms with Crippen molar-refractivity contribution in [2.45, 2.75) is 61.7 Å². The van der Waals surface area contributed by atoms with Crippen LogP contribution in [0.5, 0.6) is 11.5 Å². The van der Waals surface area contributed by atoms with E-state index < -0.39 is 17.1 Å². The van der Waals surface area contributed by atoms with Gasteiger partial charge in [0.05, 0.1) is 18.5 Å². The number of nitrogens with zero attached hydrogens (tertiary/aromatic N) is 1. The van der Waals surface area contributed by atoms with Crippen LogP contribution in [0.1, 0.15) is 43.2 Å². The number of rotatable bonds is 3. The summed E-state index contributed by atoms with van der Waals surface area (Å²) in [6.45, 7) is 1.15. The number of quaternary nitrogens is 1. The first-order chi connectivity index (χ1) is 13.0. The van der Waals surface area contributed by atoms with Crippen molar-refractivity contribution in [2.75, 3.05) is 20.2 Å². The molecule has 6 rings (SSSR count). The predicted octanol–water partition coefficient (Wildman–Crippen LogP) is 2.19. The Balaban J connectivity index is 1.62. The second-order valence-corrected chi connectivity index (χ2v) is 9.25. The van der Waals surface area contributed by atoms with E-state index in [0.717, 1.165) is 24.0 Å². The number of Topliss-reactive ketones (excluding diaryl/α,β-unsaturated/α-hetero) is 1. The van der Waals surface area contributed by atoms with Gasteiger partial charge in [-0.3, -0.25) is 4.79 Å². The Labute approximate surface area is 158 Å². The summed E-state index contributed by atoms with van der Waals surface area (Å²) in [5.74, 6) is 1.13. The molecule has 5 aliphatic rings. The molecule has 1 N–H and O–H groups in total. The SMILES string of the molecule is COC12CCC(=O)[C@@H]3Oc4c(O)ccc5c4[C@@]31CC[N@+]([O-])(CC1CC1)[C@@H]2C5. The molecule has 27 heavy (non-hydrogen) atoms. The zero-order chi connectivity index (χ0) is 18.6. The van der Waals surface area contributed by atoms with E-state index in [-0.39, 0.29) is 22.2 Å². The number of phenolic OH excluding ortho intramolecular Hbond substituents is 1. The quantitative estimate of drug-likeness (QED) is 0.651. The third-order valence-electron chi connectivity index (χ3n) is 8.18. The molecule has 2 saturated carbocycles. The molecule has 2 aliphatic heterocycles. The van der Waals surface area contributed by atoms with E-state index in [1.165, 1.54) is 0 Å². The fraction of sp³-hybridized carbons (Fsp3) is 0.667. The molecule has 6 heteroatoms. The Morgan fingerprint density at radius 2 is 2.19 bits per heavy atom. The number of hydrogen-bond acceptors (Lipinski definition) is 5. The average molecular weight is 371 g/mol. The number of carbonyl (C=O) groups is 1. The minimum atomic E-state index is -0.702. The third kappa shape index (κ3) is 1.71. The molecule has 2 heterocycles. The molecule has 6 nitrogen and oxygen atoms in total. The Bertz CT molecular complexity index is 866. The number of piperidine rings is 1. The second kappa shape index (κ2) is 4.85. The van der Waals surface area contributed by atoms with Crippen LogP contribution in [0, 0.1) is 11.1 Å². The van der Waals surface area contributed by atoms with E-state index in [1.54, 1.807) is 13.2 Å². The summed E-state index contributed by atoms with van der Waals surface area (Å²) in [7, 11) is 1.69. The molecule has 5 atom stereocenters. The van der Waals surface area contributed by atoms with Crippen LogP contribution in [-0.2, 0) is 21.4 Å². The Hall–Kier alpha value is -1.63. The van der Waals surface area contributed by atoms with Gasteiger partial charge in [0, 0.05) is 37.9 Å². The lowest BCUT2D eigenvalue weighted by atomic mass is 9.48. The van der Waals surface area contributed by atoms with Crippen molar-refractivity contribution >= 4 is 5.78 Å². The van der Waals surface area contributed by atoms with Crippen molar-refractivity contribution < 1.29 is 24.0 Å². The highest BCUT2D eigenvalue weighted by Gasteiger charge is 2.76. The number of aromatic hydroxyl groups is 1. The average Bonchev–Trinajstić information content (AvgIpc) is 3.38. The van der Waals surface area contributed by atoms with Gasteiger partial charge in [0.1, 0.15) is 11.6 Å². The molecule has 1 aromatic rings. The van der Waals surface area contributed by atoms with Crippen LogP contribution in [0.3, 0.4) is 0 Å². The monoisotopic (exact) mass is 371 g/mol. The first-order valence-electron chi connectivity index (χ1n) is 10.1. The molecule has 1 saturated heterocycles. The predicted molar refractivity (Wildman–Crippen MR) is 96.4 cm³/mol. The maximum Gasteiger partial charge on any atom is 0.174 e. The minimum Gasteiger partial charge on any atom is -0.632 e. The summed E-state index contributed by atoms with van der Waals surface area (Å²) in [5.41, 5.74) is 0.647. The van der Waals surface area contributed by atoms with Crippen LogP contribution < -0.4 is 4.74 Å². The summed E-state index contributed by atoms with van der Waals surface area (Å²) in [5, 5.41) is 24.5. The molecule has 0 amide bonds. The van der Waals surface area contributed by atoms with Crippen molar-refractivity contribution in [1.29, 1.82) is 0 Å². The Morgan fingerprint density at radius 1 is 1.37 bits per heavy atom. The van der Waals surface area contributed by atoms with Crippen LogP contribution >= 0.6 is 0 Å². The molecule has 1 aromatic carbocycles. The number of ether oxygens (including phenoxy) is 2. The van der Waals surface area contributed by atoms with Crippen molar-refractivity contribution in [3.63, 3.8) is 0 Å². The number of ketones is 1. The lowest BCUT2D eigenvalue weighted by Gasteiger charge is -2.68. The van der Waals surface area contributed by atoms with Gasteiger partial charge in [0.2, 0.25) is 0 Å². The van der Waals surface area contributed by atoms with E-state index in [4.69, 9.17) is 9.47 Å². The van der Waals surface area contributed by atoms with Crippen molar-refractivity contribution in [3.05, 3.63) is 28.5 Å². The van der Waals surface area contributed by atoms with E-state index in [0.29, 0.717) is 50.4 Å². The lowest BCUT2D eigenvalue weighted by Crippen LogP contribution is -2.81. The lowest BCUT2D eigenvalue weighted by molar-refractivity contribution is -0.924. The molecule has 3 aliphatic carbocycles. The van der Waals surface area contributed by atoms with E-state index >= 15 is 0 Å². The van der Waals surface area contributed by atoms with Crippen LogP contribution in [0.4, 0.5) is 0 Å². The highest BCUT2D eigenvalue weighted by molar-refractivity contribution is 5.90. The van der Waals surface area contributed by atoms with Crippen molar-refractivity contribution in [2.24, 2.45) is 5.92 Å². The summed E-state index contributed by atoms with van der Waals surface area (Å²) >= 11 is 0. The number of likely N-dealkylation sites (tertiary alicyclic amines) is 1. The summed E-state index contributed by atoms with van der Waals surface area (Å²) < 4.78 is 12.2. The standard InChI is InChI=1S/C21H25NO5/c1-26-21-7-6-15(24)19-20(21)8-9-22(25,11-12-2-3-12)16(21)10-13-4-5-14(23)18(27-19)17(13)20/h4-5,12,16,19,23H,2-3,6-11H2,1H3/t16-,19+,20+,21?,22+/m1/s1. The number of hydrogen-bond donors (Lipinski definition) is 1. The number of methoxy groups -OCH3 is 1. The maximum absolute atomic E-state index is 14.1. The van der Waals surface area contributed by atoms with E-state index in [9.17, 15) is 15.1 Å². The topological polar surface area (TPSA) is 78.8 Å². The first kappa shape index (κ1) is 16.3. The zero-order valence-corrected chi connectivity index (χ0v) is 15.6. The molecule has 2 bridgehead atoms. The van der Waals surface area contributed by atoms with Gasteiger partial charge in [0.15, 0.2) is 23.4 Å². The van der Waals surface area contributed by atoms with Gasteiger partial charge >= 0.3 is 0 Å². The minimum absolute atomic E-state index is 0.0676. The molecular weight excluding hydrogens is 346 g/mol. The number of hydroxylamine groups is 3. The van der Waals surface area contributed by atoms with E-state index in [2.05, 4.69) is 0 Å². The van der Waals surface area contributed by atoms with Gasteiger partial charge in [-0.05, 0) is 30.9 Å². The van der Waals surface area contributed by atoms with Crippen molar-refractivity contribution in [1.82, 2.24) is 0 Å². The zero-order valence-electron chi connectivity index (χ0n) is 15.6. The number of phenols is 1.